The molecule has 34 heavy (non-hydrogen) atoms. The van der Waals surface area contributed by atoms with E-state index in [1.54, 1.807) is 0 Å². The number of unbranched alkanes of at least 4 members (excludes halogenated alkanes) is 2. The van der Waals surface area contributed by atoms with Gasteiger partial charge in [-0.25, -0.2) is 0 Å². The Morgan fingerprint density at radius 3 is 1.71 bits per heavy atom. The van der Waals surface area contributed by atoms with E-state index >= 15 is 0 Å². The normalized spacial score (nSPS) is 15.7. The summed E-state index contributed by atoms with van der Waals surface area (Å²) in [6.45, 7) is 0. The lowest BCUT2D eigenvalue weighted by molar-refractivity contribution is -0.0285. The standard InChI is InChI=1S/C32H37IO/c33-26-25-31(24-12-1-5-15-27-16-13-14-17-27)34-32(28-18-6-2-7-19-28,29-20-8-3-9-21-29)30-22-10-4-11-23-30/h2-4,6-11,18-23,25-27,31H,1,5,12-17,24H2. The molecule has 1 unspecified atom stereocenters. The van der Waals surface area contributed by atoms with Gasteiger partial charge in [0.25, 0.3) is 0 Å². The van der Waals surface area contributed by atoms with Gasteiger partial charge < -0.3 is 4.74 Å². The third-order valence-electron chi connectivity index (χ3n) is 7.23. The van der Waals surface area contributed by atoms with Gasteiger partial charge in [-0.2, -0.15) is 0 Å². The average molecular weight is 565 g/mol. The van der Waals surface area contributed by atoms with Crippen molar-refractivity contribution in [3.05, 3.63) is 118 Å². The fourth-order valence-corrected chi connectivity index (χ4v) is 5.94. The average Bonchev–Trinajstić information content (AvgIpc) is 3.42. The first-order valence-corrected chi connectivity index (χ1v) is 14.2. The molecule has 1 atom stereocenters. The van der Waals surface area contributed by atoms with Crippen molar-refractivity contribution in [3.8, 4) is 0 Å². The Balaban J connectivity index is 1.59. The quantitative estimate of drug-likeness (QED) is 0.121. The third-order valence-corrected chi connectivity index (χ3v) is 7.65. The lowest BCUT2D eigenvalue weighted by atomic mass is 9.79. The zero-order chi connectivity index (χ0) is 23.5. The summed E-state index contributed by atoms with van der Waals surface area (Å²) in [6.07, 6.45) is 14.4. The van der Waals surface area contributed by atoms with Gasteiger partial charge in [-0.05, 0) is 39.2 Å². The second-order valence-electron chi connectivity index (χ2n) is 9.54. The summed E-state index contributed by atoms with van der Waals surface area (Å²) in [5, 5.41) is 0. The van der Waals surface area contributed by atoms with Gasteiger partial charge in [0.05, 0.1) is 6.10 Å². The highest BCUT2D eigenvalue weighted by Gasteiger charge is 2.39. The minimum Gasteiger partial charge on any atom is -0.354 e. The van der Waals surface area contributed by atoms with Gasteiger partial charge in [0.15, 0.2) is 0 Å². The molecule has 1 aliphatic carbocycles. The number of hydrogen-bond donors (Lipinski definition) is 0. The van der Waals surface area contributed by atoms with E-state index in [9.17, 15) is 0 Å². The summed E-state index contributed by atoms with van der Waals surface area (Å²) in [5.41, 5.74) is 2.84. The molecule has 4 rings (SSSR count). The zero-order valence-electron chi connectivity index (χ0n) is 20.1. The van der Waals surface area contributed by atoms with Crippen molar-refractivity contribution in [2.45, 2.75) is 69.5 Å². The molecule has 1 aliphatic rings. The van der Waals surface area contributed by atoms with Crippen LogP contribution in [0.4, 0.5) is 0 Å². The highest BCUT2D eigenvalue weighted by atomic mass is 127. The number of benzene rings is 3. The Morgan fingerprint density at radius 2 is 1.24 bits per heavy atom. The molecule has 1 saturated carbocycles. The van der Waals surface area contributed by atoms with E-state index in [1.165, 1.54) is 68.1 Å². The fourth-order valence-electron chi connectivity index (χ4n) is 5.48. The molecule has 3 aromatic carbocycles. The highest BCUT2D eigenvalue weighted by molar-refractivity contribution is 14.1. The van der Waals surface area contributed by atoms with Crippen molar-refractivity contribution >= 4 is 22.6 Å². The van der Waals surface area contributed by atoms with Crippen LogP contribution >= 0.6 is 22.6 Å². The van der Waals surface area contributed by atoms with Gasteiger partial charge in [-0.15, -0.1) is 0 Å². The van der Waals surface area contributed by atoms with Crippen molar-refractivity contribution < 1.29 is 4.74 Å². The van der Waals surface area contributed by atoms with Crippen LogP contribution < -0.4 is 0 Å². The van der Waals surface area contributed by atoms with E-state index in [0.717, 1.165) is 12.3 Å². The summed E-state index contributed by atoms with van der Waals surface area (Å²) in [6, 6.07) is 32.1. The predicted octanol–water partition coefficient (Wildman–Crippen LogP) is 9.45. The molecule has 178 valence electrons. The monoisotopic (exact) mass is 564 g/mol. The minimum absolute atomic E-state index is 0.0454. The highest BCUT2D eigenvalue weighted by Crippen LogP contribution is 2.42. The SMILES string of the molecule is IC=CC(CCCCCC1CCCC1)OC(c1ccccc1)(c1ccccc1)c1ccccc1. The molecule has 0 bridgehead atoms. The Labute approximate surface area is 219 Å². The van der Waals surface area contributed by atoms with Crippen molar-refractivity contribution in [1.82, 2.24) is 0 Å². The number of ether oxygens (including phenoxy) is 1. The Morgan fingerprint density at radius 1 is 0.735 bits per heavy atom. The van der Waals surface area contributed by atoms with Crippen LogP contribution in [0.3, 0.4) is 0 Å². The van der Waals surface area contributed by atoms with Gasteiger partial charge in [0, 0.05) is 0 Å². The Kier molecular flexibility index (Phi) is 9.82. The van der Waals surface area contributed by atoms with Crippen LogP contribution in [0, 0.1) is 5.92 Å². The first-order chi connectivity index (χ1) is 16.8. The van der Waals surface area contributed by atoms with E-state index in [-0.39, 0.29) is 6.10 Å². The molecule has 2 heteroatoms. The third kappa shape index (κ3) is 6.40. The van der Waals surface area contributed by atoms with Crippen LogP contribution in [0.25, 0.3) is 0 Å². The molecule has 0 aromatic heterocycles. The minimum atomic E-state index is -0.658. The summed E-state index contributed by atoms with van der Waals surface area (Å²) in [7, 11) is 0. The first-order valence-electron chi connectivity index (χ1n) is 12.9. The van der Waals surface area contributed by atoms with Crippen molar-refractivity contribution in [2.75, 3.05) is 0 Å². The maximum atomic E-state index is 7.23. The molecule has 0 N–H and O–H groups in total. The van der Waals surface area contributed by atoms with E-state index in [0.29, 0.717) is 0 Å². The van der Waals surface area contributed by atoms with Gasteiger partial charge in [0.2, 0.25) is 0 Å². The molecule has 3 aromatic rings. The maximum Gasteiger partial charge on any atom is 0.144 e. The molecule has 1 fully saturated rings. The molecule has 1 nitrogen and oxygen atoms in total. The summed E-state index contributed by atoms with van der Waals surface area (Å²) >= 11 is 2.33. The van der Waals surface area contributed by atoms with Crippen molar-refractivity contribution in [2.24, 2.45) is 5.92 Å². The summed E-state index contributed by atoms with van der Waals surface area (Å²) < 4.78 is 9.34. The lowest BCUT2D eigenvalue weighted by Gasteiger charge is -2.38. The van der Waals surface area contributed by atoms with Crippen LogP contribution in [0.15, 0.2) is 101 Å². The van der Waals surface area contributed by atoms with Crippen LogP contribution in [0.2, 0.25) is 0 Å². The molecule has 0 aliphatic heterocycles. The van der Waals surface area contributed by atoms with Crippen LogP contribution in [0.1, 0.15) is 74.5 Å². The molecular weight excluding hydrogens is 527 g/mol. The first kappa shape index (κ1) is 25.2. The van der Waals surface area contributed by atoms with E-state index < -0.39 is 5.60 Å². The topological polar surface area (TPSA) is 9.23 Å². The van der Waals surface area contributed by atoms with Crippen molar-refractivity contribution in [3.63, 3.8) is 0 Å². The predicted molar refractivity (Wildman–Crippen MR) is 152 cm³/mol. The number of halogens is 1. The second-order valence-corrected chi connectivity index (χ2v) is 10.3. The lowest BCUT2D eigenvalue weighted by Crippen LogP contribution is -2.36. The molecule has 0 saturated heterocycles. The van der Waals surface area contributed by atoms with Crippen LogP contribution in [0.5, 0.6) is 0 Å². The fraction of sp³-hybridized carbons (Fsp3) is 0.375. The molecule has 0 amide bonds. The van der Waals surface area contributed by atoms with Crippen LogP contribution in [-0.2, 0) is 10.3 Å². The molecule has 0 radical (unpaired) electrons. The Hall–Kier alpha value is -1.91. The largest absolute Gasteiger partial charge is 0.354 e. The summed E-state index contributed by atoms with van der Waals surface area (Å²) in [5.74, 6) is 0.989. The zero-order valence-corrected chi connectivity index (χ0v) is 22.3. The van der Waals surface area contributed by atoms with Gasteiger partial charge >= 0.3 is 0 Å². The Bertz CT molecular complexity index is 881. The number of rotatable bonds is 12. The molecule has 0 heterocycles. The molecular formula is C32H37IO. The van der Waals surface area contributed by atoms with E-state index in [1.807, 2.05) is 0 Å². The molecule has 0 spiro atoms. The summed E-state index contributed by atoms with van der Waals surface area (Å²) in [4.78, 5) is 0. The smallest absolute Gasteiger partial charge is 0.144 e. The van der Waals surface area contributed by atoms with Crippen LogP contribution in [-0.4, -0.2) is 6.10 Å². The second kappa shape index (κ2) is 13.3. The van der Waals surface area contributed by atoms with Gasteiger partial charge in [0.1, 0.15) is 5.60 Å². The van der Waals surface area contributed by atoms with Gasteiger partial charge in [-0.1, -0.05) is 165 Å². The maximum absolute atomic E-state index is 7.23. The number of hydrogen-bond acceptors (Lipinski definition) is 1. The van der Waals surface area contributed by atoms with E-state index in [4.69, 9.17) is 4.74 Å². The van der Waals surface area contributed by atoms with Gasteiger partial charge in [-0.3, -0.25) is 0 Å². The van der Waals surface area contributed by atoms with E-state index in [2.05, 4.69) is 124 Å². The van der Waals surface area contributed by atoms with Crippen molar-refractivity contribution in [1.29, 1.82) is 0 Å².